The van der Waals surface area contributed by atoms with Gasteiger partial charge in [0.05, 0.1) is 59.4 Å². The molecule has 2 aromatic heterocycles. The molecule has 0 saturated carbocycles. The molecule has 14 nitrogen and oxygen atoms in total. The summed E-state index contributed by atoms with van der Waals surface area (Å²) >= 11 is 0. The topological polar surface area (TPSA) is 152 Å². The Morgan fingerprint density at radius 2 is 1.25 bits per heavy atom. The van der Waals surface area contributed by atoms with Crippen molar-refractivity contribution in [1.82, 2.24) is 35.1 Å². The fourth-order valence-electron chi connectivity index (χ4n) is 11.8. The number of hydrogen-bond donors (Lipinski definition) is 3. The predicted molar refractivity (Wildman–Crippen MR) is 264 cm³/mol. The van der Waals surface area contributed by atoms with E-state index in [1.54, 1.807) is 45.9 Å². The maximum atomic E-state index is 16.9. The normalized spacial score (nSPS) is 21.4. The first-order chi connectivity index (χ1) is 35.2. The number of imidazole rings is 2. The zero-order chi connectivity index (χ0) is 51.2. The zero-order valence-electron chi connectivity index (χ0n) is 41.3. The first-order valence-corrected chi connectivity index (χ1v) is 25.4. The van der Waals surface area contributed by atoms with Crippen LogP contribution in [0.3, 0.4) is 0 Å². The lowest BCUT2D eigenvalue weighted by atomic mass is 9.89. The molecule has 0 aliphatic carbocycles. The number of carbonyl (C=O) groups excluding carboxylic acids is 3. The van der Waals surface area contributed by atoms with Crippen LogP contribution < -0.4 is 15.1 Å². The number of methoxy groups -OCH3 is 2. The number of anilines is 2. The number of amides is 3. The Labute approximate surface area is 419 Å². The van der Waals surface area contributed by atoms with Crippen LogP contribution in [-0.4, -0.2) is 100 Å². The Morgan fingerprint density at radius 1 is 0.699 bits per heavy atom. The summed E-state index contributed by atoms with van der Waals surface area (Å²) in [5.74, 6) is -2.50. The van der Waals surface area contributed by atoms with Gasteiger partial charge in [-0.25, -0.2) is 36.7 Å². The number of piperidine rings is 1. The van der Waals surface area contributed by atoms with E-state index < -0.39 is 65.5 Å². The fraction of sp³-hybridized carbons (Fsp3) is 0.463. The van der Waals surface area contributed by atoms with E-state index in [0.29, 0.717) is 105 Å². The number of nitrogens with one attached hydrogen (secondary N) is 3. The highest BCUT2D eigenvalue weighted by molar-refractivity contribution is 5.87. The third-order valence-corrected chi connectivity index (χ3v) is 15.6. The number of nitrogens with zero attached hydrogens (tertiary/aromatic N) is 6. The van der Waals surface area contributed by atoms with Crippen molar-refractivity contribution in [3.05, 3.63) is 118 Å². The molecule has 10 rings (SSSR count). The molecule has 6 atom stereocenters. The minimum atomic E-state index is -1.06. The third kappa shape index (κ3) is 9.56. The summed E-state index contributed by atoms with van der Waals surface area (Å²) in [7, 11) is 2.63. The van der Waals surface area contributed by atoms with Crippen molar-refractivity contribution >= 4 is 51.3 Å². The Bertz CT molecular complexity index is 3010. The molecular weight excluding hydrogens is 950 g/mol. The number of ether oxygens (including phenoxy) is 2. The van der Waals surface area contributed by atoms with Gasteiger partial charge in [0, 0.05) is 56.5 Å². The summed E-state index contributed by atoms with van der Waals surface area (Å²) in [6, 6.07) is 11.1. The average Bonchev–Trinajstić information content (AvgIpc) is 4.25. The number of benzene rings is 4. The van der Waals surface area contributed by atoms with Crippen LogP contribution in [0, 0.1) is 29.1 Å². The van der Waals surface area contributed by atoms with Gasteiger partial charge >= 0.3 is 6.09 Å². The molecule has 3 N–H and O–H groups in total. The van der Waals surface area contributed by atoms with Gasteiger partial charge in [-0.05, 0) is 125 Å². The van der Waals surface area contributed by atoms with Crippen molar-refractivity contribution in [1.29, 1.82) is 0 Å². The Balaban J connectivity index is 0.997. The molecule has 4 fully saturated rings. The molecule has 0 bridgehead atoms. The van der Waals surface area contributed by atoms with Gasteiger partial charge in [-0.3, -0.25) is 9.59 Å². The molecule has 4 aliphatic rings. The Morgan fingerprint density at radius 3 is 1.78 bits per heavy atom. The van der Waals surface area contributed by atoms with Gasteiger partial charge in [0.1, 0.15) is 40.8 Å². The number of carbonyl (C=O) groups is 3. The Hall–Kier alpha value is -6.76. The van der Waals surface area contributed by atoms with Crippen molar-refractivity contribution in [2.75, 3.05) is 50.2 Å². The number of alkyl carbamates (subject to hydrolysis) is 1. The van der Waals surface area contributed by atoms with Crippen molar-refractivity contribution in [3.8, 4) is 0 Å². The number of rotatable bonds is 13. The molecule has 0 radical (unpaired) electrons. The molecule has 4 aliphatic heterocycles. The molecule has 3 amide bonds. The first kappa shape index (κ1) is 49.8. The molecule has 0 unspecified atom stereocenters. The van der Waals surface area contributed by atoms with E-state index in [1.807, 2.05) is 11.8 Å². The SMILES string of the molecule is CCCC(=O)N1CCC[C@H]1c1nc2cc([C@H]3CC[C@H](c4cc5nc([C@@H]6CCCN6C(=O)[C@@H](NC(=O)OC)[C@@H](C)OC)[nH]c5cc4F)N3c3cc(F)c(N4CCC(c5ccc(F)cc5)CC4)c(F)c3)c(F)cc2[nH]1. The second-order valence-electron chi connectivity index (χ2n) is 19.9. The predicted octanol–water partition coefficient (Wildman–Crippen LogP) is 10.5. The van der Waals surface area contributed by atoms with E-state index in [-0.39, 0.29) is 59.0 Å². The summed E-state index contributed by atoms with van der Waals surface area (Å²) in [4.78, 5) is 62.4. The largest absolute Gasteiger partial charge is 0.453 e. The molecule has 4 saturated heterocycles. The minimum Gasteiger partial charge on any atom is -0.453 e. The van der Waals surface area contributed by atoms with E-state index in [2.05, 4.69) is 15.3 Å². The summed E-state index contributed by atoms with van der Waals surface area (Å²) < 4.78 is 91.1. The lowest BCUT2D eigenvalue weighted by molar-refractivity contribution is -0.137. The van der Waals surface area contributed by atoms with Crippen molar-refractivity contribution < 1.29 is 45.8 Å². The number of halogens is 5. The quantitative estimate of drug-likeness (QED) is 0.0960. The molecule has 0 spiro atoms. The maximum absolute atomic E-state index is 16.9. The fourth-order valence-corrected chi connectivity index (χ4v) is 11.8. The van der Waals surface area contributed by atoms with E-state index in [9.17, 15) is 18.8 Å². The van der Waals surface area contributed by atoms with Crippen LogP contribution in [0.1, 0.15) is 136 Å². The summed E-state index contributed by atoms with van der Waals surface area (Å²) in [6.45, 7) is 5.29. The van der Waals surface area contributed by atoms with Gasteiger partial charge in [-0.15, -0.1) is 0 Å². The minimum absolute atomic E-state index is 0.0350. The average molecular weight is 1010 g/mol. The lowest BCUT2D eigenvalue weighted by Gasteiger charge is -2.36. The summed E-state index contributed by atoms with van der Waals surface area (Å²) in [5, 5.41) is 2.58. The smallest absolute Gasteiger partial charge is 0.407 e. The van der Waals surface area contributed by atoms with E-state index >= 15 is 17.6 Å². The molecular formula is C54H60F5N9O5. The molecule has 73 heavy (non-hydrogen) atoms. The summed E-state index contributed by atoms with van der Waals surface area (Å²) in [6.07, 6.45) is 4.05. The highest BCUT2D eigenvalue weighted by Gasteiger charge is 2.42. The summed E-state index contributed by atoms with van der Waals surface area (Å²) in [5.41, 5.74) is 2.90. The van der Waals surface area contributed by atoms with Crippen molar-refractivity contribution in [2.24, 2.45) is 0 Å². The maximum Gasteiger partial charge on any atom is 0.407 e. The van der Waals surface area contributed by atoms with Gasteiger partial charge in [-0.2, -0.15) is 0 Å². The van der Waals surface area contributed by atoms with Crippen LogP contribution in [-0.2, 0) is 19.1 Å². The van der Waals surface area contributed by atoms with Crippen LogP contribution in [0.5, 0.6) is 0 Å². The lowest BCUT2D eigenvalue weighted by Crippen LogP contribution is -2.54. The van der Waals surface area contributed by atoms with E-state index in [1.165, 1.54) is 50.6 Å². The van der Waals surface area contributed by atoms with Crippen molar-refractivity contribution in [3.63, 3.8) is 0 Å². The standard InChI is InChI=1S/C54H60F5N9O5/c1-5-8-48(69)66-19-6-9-46(66)51-60-40-25-34(36(56)27-42(40)62-51)44-15-16-45(68(44)33-23-38(58)50(39(59)24-33)65-21-17-31(18-22-65)30-11-13-32(55)14-12-30)35-26-41-43(28-37(35)57)63-52(61-41)47-10-7-20-67(47)53(70)49(29(2)72-3)64-54(71)73-4/h11-14,23-29,31,44-47,49H,5-10,15-22H2,1-4H3,(H,60,62)(H,61,63)(H,64,71)/t29-,44-,45-,46+,47+,49+/m1/s1. The number of fused-ring (bicyclic) bond motifs is 2. The first-order valence-electron chi connectivity index (χ1n) is 25.4. The van der Waals surface area contributed by atoms with Gasteiger partial charge in [0.25, 0.3) is 0 Å². The van der Waals surface area contributed by atoms with Crippen LogP contribution >= 0.6 is 0 Å². The number of aromatic nitrogens is 4. The van der Waals surface area contributed by atoms with E-state index in [0.717, 1.165) is 12.0 Å². The van der Waals surface area contributed by atoms with Gasteiger partial charge in [0.2, 0.25) is 11.8 Å². The number of hydrogen-bond acceptors (Lipinski definition) is 9. The molecule has 4 aromatic carbocycles. The van der Waals surface area contributed by atoms with Crippen LogP contribution in [0.4, 0.5) is 38.1 Å². The van der Waals surface area contributed by atoms with Gasteiger partial charge in [0.15, 0.2) is 11.6 Å². The zero-order valence-corrected chi connectivity index (χ0v) is 41.3. The van der Waals surface area contributed by atoms with Crippen LogP contribution in [0.15, 0.2) is 60.7 Å². The molecule has 386 valence electrons. The second kappa shape index (κ2) is 20.6. The highest BCUT2D eigenvalue weighted by atomic mass is 19.1. The van der Waals surface area contributed by atoms with Crippen molar-refractivity contribution in [2.45, 2.75) is 120 Å². The third-order valence-electron chi connectivity index (χ3n) is 15.6. The highest BCUT2D eigenvalue weighted by Crippen LogP contribution is 2.50. The number of likely N-dealkylation sites (tertiary alicyclic amines) is 2. The van der Waals surface area contributed by atoms with E-state index in [4.69, 9.17) is 19.4 Å². The molecule has 6 heterocycles. The van der Waals surface area contributed by atoms with Crippen LogP contribution in [0.25, 0.3) is 22.1 Å². The van der Waals surface area contributed by atoms with Gasteiger partial charge in [-0.1, -0.05) is 19.1 Å². The Kier molecular flexibility index (Phi) is 14.1. The molecule has 6 aromatic rings. The number of aromatic amines is 2. The number of H-pyrrole nitrogens is 2. The monoisotopic (exact) mass is 1010 g/mol. The van der Waals surface area contributed by atoms with Gasteiger partial charge < -0.3 is 44.4 Å². The second-order valence-corrected chi connectivity index (χ2v) is 19.9. The molecule has 19 heteroatoms. The van der Waals surface area contributed by atoms with Crippen LogP contribution in [0.2, 0.25) is 0 Å².